The van der Waals surface area contributed by atoms with E-state index < -0.39 is 5.60 Å². The average molecular weight is 435 g/mol. The Hall–Kier alpha value is -1.79. The third kappa shape index (κ3) is 3.41. The zero-order chi connectivity index (χ0) is 22.7. The summed E-state index contributed by atoms with van der Waals surface area (Å²) in [5.74, 6) is 9.95. The number of aliphatic hydroxyl groups is 1. The Labute approximate surface area is 193 Å². The van der Waals surface area contributed by atoms with Crippen LogP contribution in [0.15, 0.2) is 24.3 Å². The molecule has 4 fully saturated rings. The second-order valence-corrected chi connectivity index (χ2v) is 12.0. The Balaban J connectivity index is 1.34. The van der Waals surface area contributed by atoms with Crippen LogP contribution < -0.4 is 0 Å². The molecule has 1 aromatic rings. The van der Waals surface area contributed by atoms with Crippen molar-refractivity contribution in [3.05, 3.63) is 29.8 Å². The minimum atomic E-state index is -0.912. The first-order valence-electron chi connectivity index (χ1n) is 12.7. The minimum Gasteiger partial charge on any atom is -0.508 e. The highest BCUT2D eigenvalue weighted by Crippen LogP contribution is 2.68. The molecular formula is C29H38O3. The molecule has 2 unspecified atom stereocenters. The van der Waals surface area contributed by atoms with Crippen molar-refractivity contribution in [2.24, 2.45) is 40.4 Å². The molecule has 32 heavy (non-hydrogen) atoms. The van der Waals surface area contributed by atoms with Crippen LogP contribution in [0.1, 0.15) is 84.1 Å². The van der Waals surface area contributed by atoms with Crippen LogP contribution in [0.4, 0.5) is 0 Å². The molecule has 4 saturated carbocycles. The number of rotatable bonds is 1. The van der Waals surface area contributed by atoms with Gasteiger partial charge >= 0.3 is 0 Å². The quantitative estimate of drug-likeness (QED) is 0.556. The molecule has 4 aliphatic carbocycles. The SMILES string of the molecule is CC(=O)[C@H]1CC[C@H]2[C@@H]3CCC4CC(O)(C#Cc5ccc(O)cc5)CC[C@]4(C)[C@H]3CC[C@]12C. The van der Waals surface area contributed by atoms with E-state index in [2.05, 4.69) is 25.7 Å². The molecule has 0 amide bonds. The maximum absolute atomic E-state index is 12.4. The number of aromatic hydroxyl groups is 1. The largest absolute Gasteiger partial charge is 0.508 e. The van der Waals surface area contributed by atoms with Crippen LogP contribution in [0.2, 0.25) is 0 Å². The zero-order valence-electron chi connectivity index (χ0n) is 19.9. The molecule has 172 valence electrons. The lowest BCUT2D eigenvalue weighted by molar-refractivity contribution is -0.144. The van der Waals surface area contributed by atoms with Crippen LogP contribution in [-0.2, 0) is 4.79 Å². The third-order valence-corrected chi connectivity index (χ3v) is 10.5. The number of ketones is 1. The Morgan fingerprint density at radius 2 is 1.66 bits per heavy atom. The van der Waals surface area contributed by atoms with Gasteiger partial charge in [0.05, 0.1) is 0 Å². The van der Waals surface area contributed by atoms with Crippen molar-refractivity contribution < 1.29 is 15.0 Å². The Bertz CT molecular complexity index is 955. The summed E-state index contributed by atoms with van der Waals surface area (Å²) in [5.41, 5.74) is 0.415. The Morgan fingerprint density at radius 3 is 2.38 bits per heavy atom. The lowest BCUT2D eigenvalue weighted by Crippen LogP contribution is -2.56. The van der Waals surface area contributed by atoms with Gasteiger partial charge in [-0.3, -0.25) is 4.79 Å². The minimum absolute atomic E-state index is 0.210. The van der Waals surface area contributed by atoms with Crippen LogP contribution in [0.25, 0.3) is 0 Å². The molecule has 4 aliphatic rings. The van der Waals surface area contributed by atoms with Crippen molar-refractivity contribution in [2.45, 2.75) is 84.2 Å². The van der Waals surface area contributed by atoms with E-state index in [1.54, 1.807) is 24.3 Å². The van der Waals surface area contributed by atoms with Crippen LogP contribution in [0.5, 0.6) is 5.75 Å². The van der Waals surface area contributed by atoms with E-state index in [9.17, 15) is 15.0 Å². The standard InChI is InChI=1S/C29H38O3/c1-19(30)24-10-11-25-23-9-6-21-18-29(32,15-12-20-4-7-22(31)8-5-20)17-16-27(21,2)26(23)13-14-28(24,25)3/h4-5,7-8,21,23-26,31-32H,6,9-11,13-14,16-18H2,1-3H3/t21?,23-,24+,25-,26-,27-,28+,29?/m0/s1. The van der Waals surface area contributed by atoms with Gasteiger partial charge in [-0.15, -0.1) is 0 Å². The van der Waals surface area contributed by atoms with Gasteiger partial charge in [-0.25, -0.2) is 0 Å². The smallest absolute Gasteiger partial charge is 0.133 e. The van der Waals surface area contributed by atoms with Crippen molar-refractivity contribution in [1.82, 2.24) is 0 Å². The second kappa shape index (κ2) is 7.63. The average Bonchev–Trinajstić information content (AvgIpc) is 3.12. The molecule has 0 aromatic heterocycles. The number of carbonyl (C=O) groups is 1. The Kier molecular flexibility index (Phi) is 5.25. The molecule has 1 aromatic carbocycles. The van der Waals surface area contributed by atoms with Crippen molar-refractivity contribution in [1.29, 1.82) is 0 Å². The third-order valence-electron chi connectivity index (χ3n) is 10.5. The monoisotopic (exact) mass is 434 g/mol. The lowest BCUT2D eigenvalue weighted by atomic mass is 9.44. The Morgan fingerprint density at radius 1 is 0.938 bits per heavy atom. The van der Waals surface area contributed by atoms with Crippen LogP contribution in [0, 0.1) is 52.3 Å². The molecule has 2 N–H and O–H groups in total. The highest BCUT2D eigenvalue weighted by Gasteiger charge is 2.61. The normalized spacial score (nSPS) is 45.1. The maximum atomic E-state index is 12.4. The van der Waals surface area contributed by atoms with Gasteiger partial charge in [0, 0.05) is 11.5 Å². The van der Waals surface area contributed by atoms with Gasteiger partial charge in [0.25, 0.3) is 0 Å². The van der Waals surface area contributed by atoms with Crippen molar-refractivity contribution in [2.75, 3.05) is 0 Å². The summed E-state index contributed by atoms with van der Waals surface area (Å²) in [6.07, 6.45) is 9.73. The van der Waals surface area contributed by atoms with Crippen LogP contribution in [0.3, 0.4) is 0 Å². The van der Waals surface area contributed by atoms with Crippen molar-refractivity contribution in [3.63, 3.8) is 0 Å². The summed E-state index contributed by atoms with van der Waals surface area (Å²) in [4.78, 5) is 12.4. The summed E-state index contributed by atoms with van der Waals surface area (Å²) in [6.45, 7) is 6.73. The molecule has 0 saturated heterocycles. The number of fused-ring (bicyclic) bond motifs is 5. The van der Waals surface area contributed by atoms with Crippen molar-refractivity contribution >= 4 is 5.78 Å². The number of carbonyl (C=O) groups excluding carboxylic acids is 1. The number of phenolic OH excluding ortho intramolecular Hbond substituents is 1. The first-order valence-corrected chi connectivity index (χ1v) is 12.7. The van der Waals surface area contributed by atoms with E-state index in [4.69, 9.17) is 0 Å². The van der Waals surface area contributed by atoms with E-state index in [1.807, 2.05) is 6.92 Å². The van der Waals surface area contributed by atoms with Gasteiger partial charge in [0.1, 0.15) is 17.1 Å². The number of hydrogen-bond acceptors (Lipinski definition) is 3. The molecule has 3 nitrogen and oxygen atoms in total. The van der Waals surface area contributed by atoms with Gasteiger partial charge < -0.3 is 10.2 Å². The van der Waals surface area contributed by atoms with Gasteiger partial charge in [0.15, 0.2) is 0 Å². The fraction of sp³-hybridized carbons (Fsp3) is 0.690. The summed E-state index contributed by atoms with van der Waals surface area (Å²) < 4.78 is 0. The van der Waals surface area contributed by atoms with E-state index in [-0.39, 0.29) is 22.5 Å². The second-order valence-electron chi connectivity index (χ2n) is 12.0. The topological polar surface area (TPSA) is 57.5 Å². The molecule has 0 spiro atoms. The van der Waals surface area contributed by atoms with E-state index in [1.165, 1.54) is 32.1 Å². The highest BCUT2D eigenvalue weighted by molar-refractivity contribution is 5.79. The fourth-order valence-corrected chi connectivity index (χ4v) is 8.76. The first kappa shape index (κ1) is 22.0. The molecule has 5 rings (SSSR count). The predicted molar refractivity (Wildman–Crippen MR) is 126 cm³/mol. The molecule has 0 radical (unpaired) electrons. The lowest BCUT2D eigenvalue weighted by Gasteiger charge is -2.61. The van der Waals surface area contributed by atoms with Gasteiger partial charge in [-0.2, -0.15) is 0 Å². The molecule has 0 heterocycles. The fourth-order valence-electron chi connectivity index (χ4n) is 8.76. The first-order chi connectivity index (χ1) is 15.1. The van der Waals surface area contributed by atoms with E-state index in [0.29, 0.717) is 17.6 Å². The van der Waals surface area contributed by atoms with Crippen LogP contribution in [-0.4, -0.2) is 21.6 Å². The van der Waals surface area contributed by atoms with Gasteiger partial charge in [-0.1, -0.05) is 25.7 Å². The van der Waals surface area contributed by atoms with E-state index in [0.717, 1.165) is 43.1 Å². The molecule has 0 aliphatic heterocycles. The predicted octanol–water partition coefficient (Wildman–Crippen LogP) is 5.72. The number of hydrogen-bond donors (Lipinski definition) is 2. The van der Waals surface area contributed by atoms with Gasteiger partial charge in [0.2, 0.25) is 0 Å². The number of Topliss-reactive ketones (excluding diaryl/α,β-unsaturated/α-hetero) is 1. The van der Waals surface area contributed by atoms with E-state index >= 15 is 0 Å². The molecule has 8 atom stereocenters. The molecular weight excluding hydrogens is 396 g/mol. The maximum Gasteiger partial charge on any atom is 0.133 e. The summed E-state index contributed by atoms with van der Waals surface area (Å²) >= 11 is 0. The summed E-state index contributed by atoms with van der Waals surface area (Å²) in [5, 5.41) is 20.8. The molecule has 0 bridgehead atoms. The number of benzene rings is 1. The summed E-state index contributed by atoms with van der Waals surface area (Å²) in [7, 11) is 0. The van der Waals surface area contributed by atoms with Crippen LogP contribution >= 0.6 is 0 Å². The number of phenols is 1. The van der Waals surface area contributed by atoms with Crippen molar-refractivity contribution in [3.8, 4) is 17.6 Å². The highest BCUT2D eigenvalue weighted by atomic mass is 16.3. The molecule has 3 heteroatoms. The van der Waals surface area contributed by atoms with Gasteiger partial charge in [-0.05, 0) is 123 Å². The zero-order valence-corrected chi connectivity index (χ0v) is 19.9. The summed E-state index contributed by atoms with van der Waals surface area (Å²) in [6, 6.07) is 6.89.